The predicted molar refractivity (Wildman–Crippen MR) is 85.9 cm³/mol. The van der Waals surface area contributed by atoms with Gasteiger partial charge in [-0.25, -0.2) is 4.98 Å². The molecule has 1 aromatic carbocycles. The monoisotopic (exact) mass is 318 g/mol. The third-order valence-electron chi connectivity index (χ3n) is 3.68. The van der Waals surface area contributed by atoms with Crippen molar-refractivity contribution in [1.82, 2.24) is 9.88 Å². The van der Waals surface area contributed by atoms with E-state index in [1.54, 1.807) is 23.9 Å². The number of aromatic nitrogens is 1. The highest BCUT2D eigenvalue weighted by Crippen LogP contribution is 2.29. The van der Waals surface area contributed by atoms with Crippen molar-refractivity contribution in [3.8, 4) is 0 Å². The lowest BCUT2D eigenvalue weighted by atomic mass is 9.99. The zero-order valence-corrected chi connectivity index (χ0v) is 13.2. The second-order valence-corrected chi connectivity index (χ2v) is 6.22. The number of hydrogen-bond acceptors (Lipinski definition) is 3. The molecule has 1 aromatic heterocycles. The Morgan fingerprint density at radius 3 is 2.90 bits per heavy atom. The van der Waals surface area contributed by atoms with E-state index in [0.29, 0.717) is 17.3 Å². The molecule has 2 aromatic rings. The fourth-order valence-electron chi connectivity index (χ4n) is 2.58. The standard InChI is InChI=1S/C16H15ClN2OS/c1-21-15-4-2-3-11-7-8-19(10-13(11)15)16(20)14-6-5-12(17)9-18-14/h2-6,9H,7-8,10H2,1H3. The zero-order valence-electron chi connectivity index (χ0n) is 11.7. The Kier molecular flexibility index (Phi) is 4.17. The highest BCUT2D eigenvalue weighted by Gasteiger charge is 2.24. The molecule has 0 N–H and O–H groups in total. The highest BCUT2D eigenvalue weighted by atomic mass is 35.5. The van der Waals surface area contributed by atoms with Gasteiger partial charge in [0.1, 0.15) is 5.69 Å². The molecule has 1 aliphatic heterocycles. The molecule has 5 heteroatoms. The van der Waals surface area contributed by atoms with E-state index in [4.69, 9.17) is 11.6 Å². The summed E-state index contributed by atoms with van der Waals surface area (Å²) in [6, 6.07) is 9.73. The lowest BCUT2D eigenvalue weighted by Gasteiger charge is -2.30. The van der Waals surface area contributed by atoms with Gasteiger partial charge in [0.2, 0.25) is 0 Å². The Morgan fingerprint density at radius 2 is 2.19 bits per heavy atom. The first-order valence-electron chi connectivity index (χ1n) is 6.74. The van der Waals surface area contributed by atoms with Gasteiger partial charge in [0.15, 0.2) is 0 Å². The Balaban J connectivity index is 1.85. The Labute approximate surface area is 133 Å². The molecule has 21 heavy (non-hydrogen) atoms. The van der Waals surface area contributed by atoms with Gasteiger partial charge in [0, 0.05) is 24.2 Å². The molecule has 2 heterocycles. The molecule has 0 radical (unpaired) electrons. The Morgan fingerprint density at radius 1 is 1.33 bits per heavy atom. The van der Waals surface area contributed by atoms with Crippen LogP contribution in [0.5, 0.6) is 0 Å². The van der Waals surface area contributed by atoms with E-state index in [1.807, 2.05) is 4.90 Å². The zero-order chi connectivity index (χ0) is 14.8. The molecule has 0 aliphatic carbocycles. The van der Waals surface area contributed by atoms with Crippen LogP contribution in [-0.4, -0.2) is 28.6 Å². The topological polar surface area (TPSA) is 33.2 Å². The van der Waals surface area contributed by atoms with Crippen molar-refractivity contribution in [2.24, 2.45) is 0 Å². The molecule has 3 rings (SSSR count). The van der Waals surface area contributed by atoms with Crippen molar-refractivity contribution >= 4 is 29.3 Å². The minimum Gasteiger partial charge on any atom is -0.333 e. The minimum atomic E-state index is -0.0341. The number of pyridine rings is 1. The third kappa shape index (κ3) is 2.92. The number of halogens is 1. The van der Waals surface area contributed by atoms with Gasteiger partial charge >= 0.3 is 0 Å². The van der Waals surface area contributed by atoms with Gasteiger partial charge < -0.3 is 4.90 Å². The molecule has 0 bridgehead atoms. The second kappa shape index (κ2) is 6.08. The van der Waals surface area contributed by atoms with Crippen molar-refractivity contribution in [1.29, 1.82) is 0 Å². The average Bonchev–Trinajstić information content (AvgIpc) is 2.53. The Hall–Kier alpha value is -1.52. The fraction of sp³-hybridized carbons (Fsp3) is 0.250. The second-order valence-electron chi connectivity index (χ2n) is 4.94. The van der Waals surface area contributed by atoms with Crippen LogP contribution in [0, 0.1) is 0 Å². The van der Waals surface area contributed by atoms with Gasteiger partial charge in [-0.2, -0.15) is 0 Å². The summed E-state index contributed by atoms with van der Waals surface area (Å²) in [5.74, 6) is -0.0341. The lowest BCUT2D eigenvalue weighted by Crippen LogP contribution is -2.36. The minimum absolute atomic E-state index is 0.0341. The van der Waals surface area contributed by atoms with Crippen LogP contribution in [0.15, 0.2) is 41.4 Å². The van der Waals surface area contributed by atoms with Gasteiger partial charge in [-0.3, -0.25) is 4.79 Å². The normalized spacial score (nSPS) is 13.9. The van der Waals surface area contributed by atoms with Crippen LogP contribution in [0.2, 0.25) is 5.02 Å². The molecular weight excluding hydrogens is 304 g/mol. The summed E-state index contributed by atoms with van der Waals surface area (Å²) in [5.41, 5.74) is 3.05. The summed E-state index contributed by atoms with van der Waals surface area (Å²) in [4.78, 5) is 19.8. The molecule has 108 valence electrons. The van der Waals surface area contributed by atoms with Crippen molar-refractivity contribution in [3.63, 3.8) is 0 Å². The number of carbonyl (C=O) groups is 1. The van der Waals surface area contributed by atoms with E-state index in [0.717, 1.165) is 13.0 Å². The number of rotatable bonds is 2. The SMILES string of the molecule is CSc1cccc2c1CN(C(=O)c1ccc(Cl)cn1)CC2. The van der Waals surface area contributed by atoms with Crippen molar-refractivity contribution in [2.45, 2.75) is 17.9 Å². The van der Waals surface area contributed by atoms with Crippen LogP contribution in [0.3, 0.4) is 0 Å². The smallest absolute Gasteiger partial charge is 0.272 e. The number of fused-ring (bicyclic) bond motifs is 1. The molecule has 1 aliphatic rings. The first-order chi connectivity index (χ1) is 10.2. The third-order valence-corrected chi connectivity index (χ3v) is 4.73. The molecule has 1 amide bonds. The van der Waals surface area contributed by atoms with Crippen LogP contribution in [0.4, 0.5) is 0 Å². The van der Waals surface area contributed by atoms with E-state index < -0.39 is 0 Å². The predicted octanol–water partition coefficient (Wildman–Crippen LogP) is 3.66. The van der Waals surface area contributed by atoms with Crippen molar-refractivity contribution in [3.05, 3.63) is 58.4 Å². The van der Waals surface area contributed by atoms with Crippen LogP contribution < -0.4 is 0 Å². The maximum atomic E-state index is 12.5. The maximum absolute atomic E-state index is 12.5. The van der Waals surface area contributed by atoms with E-state index in [1.165, 1.54) is 22.2 Å². The Bertz CT molecular complexity index is 658. The summed E-state index contributed by atoms with van der Waals surface area (Å²) >= 11 is 7.54. The van der Waals surface area contributed by atoms with E-state index in [9.17, 15) is 4.79 Å². The van der Waals surface area contributed by atoms with Gasteiger partial charge in [-0.1, -0.05) is 23.7 Å². The van der Waals surface area contributed by atoms with E-state index >= 15 is 0 Å². The molecule has 0 saturated heterocycles. The number of amides is 1. The van der Waals surface area contributed by atoms with E-state index in [-0.39, 0.29) is 5.91 Å². The number of nitrogens with zero attached hydrogens (tertiary/aromatic N) is 2. The van der Waals surface area contributed by atoms with Crippen LogP contribution in [0.25, 0.3) is 0 Å². The quantitative estimate of drug-likeness (QED) is 0.792. The number of benzene rings is 1. The molecule has 3 nitrogen and oxygen atoms in total. The van der Waals surface area contributed by atoms with E-state index in [2.05, 4.69) is 29.4 Å². The van der Waals surface area contributed by atoms with Gasteiger partial charge in [-0.15, -0.1) is 11.8 Å². The first-order valence-corrected chi connectivity index (χ1v) is 8.35. The number of thioether (sulfide) groups is 1. The fourth-order valence-corrected chi connectivity index (χ4v) is 3.35. The summed E-state index contributed by atoms with van der Waals surface area (Å²) in [6.07, 6.45) is 4.47. The summed E-state index contributed by atoms with van der Waals surface area (Å²) in [6.45, 7) is 1.38. The van der Waals surface area contributed by atoms with Crippen LogP contribution in [-0.2, 0) is 13.0 Å². The van der Waals surface area contributed by atoms with Crippen LogP contribution in [0.1, 0.15) is 21.6 Å². The van der Waals surface area contributed by atoms with Crippen LogP contribution >= 0.6 is 23.4 Å². The van der Waals surface area contributed by atoms with Gasteiger partial charge in [0.25, 0.3) is 5.91 Å². The van der Waals surface area contributed by atoms with Gasteiger partial charge in [-0.05, 0) is 42.0 Å². The molecule has 0 unspecified atom stereocenters. The van der Waals surface area contributed by atoms with Gasteiger partial charge in [0.05, 0.1) is 5.02 Å². The summed E-state index contributed by atoms with van der Waals surface area (Å²) < 4.78 is 0. The average molecular weight is 319 g/mol. The molecule has 0 saturated carbocycles. The number of hydrogen-bond donors (Lipinski definition) is 0. The van der Waals surface area contributed by atoms with Crippen molar-refractivity contribution < 1.29 is 4.79 Å². The first kappa shape index (κ1) is 14.4. The highest BCUT2D eigenvalue weighted by molar-refractivity contribution is 7.98. The largest absolute Gasteiger partial charge is 0.333 e. The molecule has 0 fully saturated rings. The molecular formula is C16H15ClN2OS. The summed E-state index contributed by atoms with van der Waals surface area (Å²) in [7, 11) is 0. The maximum Gasteiger partial charge on any atom is 0.272 e. The number of carbonyl (C=O) groups excluding carboxylic acids is 1. The van der Waals surface area contributed by atoms with Crippen molar-refractivity contribution in [2.75, 3.05) is 12.8 Å². The molecule has 0 atom stereocenters. The molecule has 0 spiro atoms. The summed E-state index contributed by atoms with van der Waals surface area (Å²) in [5, 5.41) is 0.542. The lowest BCUT2D eigenvalue weighted by molar-refractivity contribution is 0.0727.